The fourth-order valence-electron chi connectivity index (χ4n) is 2.91. The molecule has 0 bridgehead atoms. The van der Waals surface area contributed by atoms with Crippen LogP contribution in [0, 0.1) is 5.92 Å². The number of ether oxygens (including phenoxy) is 1. The lowest BCUT2D eigenvalue weighted by Crippen LogP contribution is -2.37. The second-order valence-electron chi connectivity index (χ2n) is 6.57. The molecule has 1 aliphatic carbocycles. The van der Waals surface area contributed by atoms with E-state index in [0.29, 0.717) is 25.0 Å². The van der Waals surface area contributed by atoms with Crippen molar-refractivity contribution in [3.63, 3.8) is 0 Å². The second-order valence-corrected chi connectivity index (χ2v) is 6.57. The van der Waals surface area contributed by atoms with Crippen molar-refractivity contribution < 1.29 is 14.6 Å². The van der Waals surface area contributed by atoms with Crippen LogP contribution in [0.3, 0.4) is 0 Å². The fraction of sp³-hybridized carbons (Fsp3) is 0.611. The Kier molecular flexibility index (Phi) is 6.25. The summed E-state index contributed by atoms with van der Waals surface area (Å²) < 4.78 is 5.99. The first-order valence-corrected chi connectivity index (χ1v) is 8.26. The number of aliphatic carboxylic acids is 1. The summed E-state index contributed by atoms with van der Waals surface area (Å²) in [7, 11) is 0. The molecule has 0 aliphatic heterocycles. The van der Waals surface area contributed by atoms with Crippen LogP contribution in [0.1, 0.15) is 51.5 Å². The van der Waals surface area contributed by atoms with Gasteiger partial charge in [-0.3, -0.25) is 4.79 Å². The number of benzene rings is 1. The molecule has 2 rings (SSSR count). The van der Waals surface area contributed by atoms with Crippen LogP contribution >= 0.6 is 0 Å². The van der Waals surface area contributed by atoms with Gasteiger partial charge in [0.05, 0.1) is 6.10 Å². The van der Waals surface area contributed by atoms with E-state index in [9.17, 15) is 9.90 Å². The Morgan fingerprint density at radius 3 is 2.73 bits per heavy atom. The van der Waals surface area contributed by atoms with Crippen LogP contribution in [-0.4, -0.2) is 23.2 Å². The molecule has 4 heteroatoms. The Balaban J connectivity index is 1.90. The van der Waals surface area contributed by atoms with E-state index in [4.69, 9.17) is 4.74 Å². The first-order chi connectivity index (χ1) is 10.5. The molecule has 1 aromatic rings. The number of nitrogens with one attached hydrogen (secondary N) is 1. The van der Waals surface area contributed by atoms with E-state index in [-0.39, 0.29) is 0 Å². The molecule has 1 fully saturated rings. The maximum Gasteiger partial charge on any atom is 0.320 e. The van der Waals surface area contributed by atoms with Crippen LogP contribution in [0.4, 0.5) is 0 Å². The summed E-state index contributed by atoms with van der Waals surface area (Å²) in [4.78, 5) is 11.3. The minimum Gasteiger partial charge on any atom is -0.490 e. The van der Waals surface area contributed by atoms with Gasteiger partial charge in [-0.15, -0.1) is 0 Å². The molecule has 0 radical (unpaired) electrons. The molecule has 1 aromatic carbocycles. The molecule has 22 heavy (non-hydrogen) atoms. The van der Waals surface area contributed by atoms with Crippen molar-refractivity contribution in [3.05, 3.63) is 29.8 Å². The second kappa shape index (κ2) is 8.18. The monoisotopic (exact) mass is 305 g/mol. The van der Waals surface area contributed by atoms with E-state index in [2.05, 4.69) is 5.32 Å². The predicted octanol–water partition coefficient (Wildman–Crippen LogP) is 3.60. The molecule has 1 saturated carbocycles. The Bertz CT molecular complexity index is 481. The number of hydrogen-bond donors (Lipinski definition) is 2. The van der Waals surface area contributed by atoms with Crippen LogP contribution in [0.25, 0.3) is 0 Å². The third-order valence-electron chi connectivity index (χ3n) is 4.06. The van der Waals surface area contributed by atoms with Gasteiger partial charge < -0.3 is 15.2 Å². The molecule has 0 heterocycles. The van der Waals surface area contributed by atoms with Crippen molar-refractivity contribution in [2.24, 2.45) is 5.92 Å². The zero-order valence-electron chi connectivity index (χ0n) is 13.5. The maximum absolute atomic E-state index is 11.3. The number of carbonyl (C=O) groups is 1. The number of carboxylic acid groups (broad SMARTS) is 1. The fourth-order valence-corrected chi connectivity index (χ4v) is 2.91. The summed E-state index contributed by atoms with van der Waals surface area (Å²) >= 11 is 0. The van der Waals surface area contributed by atoms with Gasteiger partial charge in [-0.05, 0) is 55.7 Å². The van der Waals surface area contributed by atoms with Gasteiger partial charge in [-0.25, -0.2) is 0 Å². The van der Waals surface area contributed by atoms with Gasteiger partial charge in [0, 0.05) is 6.54 Å². The van der Waals surface area contributed by atoms with E-state index in [0.717, 1.165) is 24.2 Å². The van der Waals surface area contributed by atoms with Crippen LogP contribution in [0.2, 0.25) is 0 Å². The minimum atomic E-state index is -0.785. The molecule has 0 amide bonds. The lowest BCUT2D eigenvalue weighted by Gasteiger charge is -2.17. The first-order valence-electron chi connectivity index (χ1n) is 8.26. The van der Waals surface area contributed by atoms with Gasteiger partial charge in [-0.1, -0.05) is 26.0 Å². The topological polar surface area (TPSA) is 58.6 Å². The third kappa shape index (κ3) is 5.34. The van der Waals surface area contributed by atoms with Gasteiger partial charge in [0.15, 0.2) is 0 Å². The zero-order valence-corrected chi connectivity index (χ0v) is 13.5. The molecule has 0 aromatic heterocycles. The van der Waals surface area contributed by atoms with Gasteiger partial charge >= 0.3 is 5.97 Å². The molecule has 2 N–H and O–H groups in total. The Labute approximate surface area is 132 Å². The smallest absolute Gasteiger partial charge is 0.320 e. The van der Waals surface area contributed by atoms with Gasteiger partial charge in [0.1, 0.15) is 11.8 Å². The Hall–Kier alpha value is -1.55. The maximum atomic E-state index is 11.3. The Morgan fingerprint density at radius 1 is 1.36 bits per heavy atom. The quantitative estimate of drug-likeness (QED) is 0.770. The average Bonchev–Trinajstić information content (AvgIpc) is 2.96. The van der Waals surface area contributed by atoms with Crippen molar-refractivity contribution in [2.45, 2.75) is 64.6 Å². The number of rotatable bonds is 8. The van der Waals surface area contributed by atoms with Crippen LogP contribution < -0.4 is 10.1 Å². The molecule has 0 unspecified atom stereocenters. The highest BCUT2D eigenvalue weighted by Gasteiger charge is 2.19. The van der Waals surface area contributed by atoms with E-state index < -0.39 is 12.0 Å². The zero-order chi connectivity index (χ0) is 15.9. The third-order valence-corrected chi connectivity index (χ3v) is 4.06. The van der Waals surface area contributed by atoms with Gasteiger partial charge in [0.2, 0.25) is 0 Å². The van der Waals surface area contributed by atoms with Crippen molar-refractivity contribution >= 4 is 5.97 Å². The van der Waals surface area contributed by atoms with Gasteiger partial charge in [0.25, 0.3) is 0 Å². The average molecular weight is 305 g/mol. The summed E-state index contributed by atoms with van der Waals surface area (Å²) in [5.41, 5.74) is 1.06. The molecule has 0 spiro atoms. The number of carboxylic acids is 1. The van der Waals surface area contributed by atoms with Crippen molar-refractivity contribution in [2.75, 3.05) is 0 Å². The SMILES string of the molecule is CC(C)C[C@H](NCc1cccc(OC2CCCC2)c1)C(=O)O. The van der Waals surface area contributed by atoms with Crippen LogP contribution in [0.5, 0.6) is 5.75 Å². The molecule has 1 aliphatic rings. The normalized spacial score (nSPS) is 16.9. The Morgan fingerprint density at radius 2 is 2.09 bits per heavy atom. The molecule has 122 valence electrons. The summed E-state index contributed by atoms with van der Waals surface area (Å²) in [5.74, 6) is 0.458. The van der Waals surface area contributed by atoms with Crippen molar-refractivity contribution in [3.8, 4) is 5.75 Å². The molecule has 0 saturated heterocycles. The van der Waals surface area contributed by atoms with E-state index >= 15 is 0 Å². The number of hydrogen-bond acceptors (Lipinski definition) is 3. The van der Waals surface area contributed by atoms with Crippen LogP contribution in [-0.2, 0) is 11.3 Å². The first kappa shape index (κ1) is 16.8. The highest BCUT2D eigenvalue weighted by atomic mass is 16.5. The van der Waals surface area contributed by atoms with E-state index in [1.165, 1.54) is 12.8 Å². The molecular weight excluding hydrogens is 278 g/mol. The summed E-state index contributed by atoms with van der Waals surface area (Å²) in [6.45, 7) is 4.62. The van der Waals surface area contributed by atoms with Crippen molar-refractivity contribution in [1.29, 1.82) is 0 Å². The molecular formula is C18H27NO3. The summed E-state index contributed by atoms with van der Waals surface area (Å²) in [6.07, 6.45) is 5.75. The standard InChI is InChI=1S/C18H27NO3/c1-13(2)10-17(18(20)21)19-12-14-6-5-9-16(11-14)22-15-7-3-4-8-15/h5-6,9,11,13,15,17,19H,3-4,7-8,10,12H2,1-2H3,(H,20,21)/t17-/m0/s1. The minimum absolute atomic E-state index is 0.343. The lowest BCUT2D eigenvalue weighted by molar-refractivity contribution is -0.140. The van der Waals surface area contributed by atoms with E-state index in [1.807, 2.05) is 38.1 Å². The highest BCUT2D eigenvalue weighted by molar-refractivity contribution is 5.73. The van der Waals surface area contributed by atoms with E-state index in [1.54, 1.807) is 0 Å². The molecule has 1 atom stereocenters. The predicted molar refractivity (Wildman–Crippen MR) is 87.0 cm³/mol. The molecule has 4 nitrogen and oxygen atoms in total. The van der Waals surface area contributed by atoms with Gasteiger partial charge in [-0.2, -0.15) is 0 Å². The largest absolute Gasteiger partial charge is 0.490 e. The van der Waals surface area contributed by atoms with Crippen LogP contribution in [0.15, 0.2) is 24.3 Å². The summed E-state index contributed by atoms with van der Waals surface area (Å²) in [5, 5.41) is 12.4. The lowest BCUT2D eigenvalue weighted by atomic mass is 10.0. The highest BCUT2D eigenvalue weighted by Crippen LogP contribution is 2.24. The summed E-state index contributed by atoms with van der Waals surface area (Å²) in [6, 6.07) is 7.46. The van der Waals surface area contributed by atoms with Crippen molar-refractivity contribution in [1.82, 2.24) is 5.32 Å².